The van der Waals surface area contributed by atoms with Crippen molar-refractivity contribution in [2.45, 2.75) is 38.2 Å². The third-order valence-electron chi connectivity index (χ3n) is 2.37. The van der Waals surface area contributed by atoms with Crippen LogP contribution in [0.2, 0.25) is 0 Å². The molecular weight excluding hydrogens is 290 g/mol. The zero-order valence-electron chi connectivity index (χ0n) is 12.3. The third-order valence-corrected chi connectivity index (χ3v) is 3.99. The summed E-state index contributed by atoms with van der Waals surface area (Å²) in [4.78, 5) is 11.7. The number of ether oxygens (including phenoxy) is 1. The quantitative estimate of drug-likeness (QED) is 0.786. The Bertz CT molecular complexity index is 404. The van der Waals surface area contributed by atoms with Crippen molar-refractivity contribution < 1.29 is 9.53 Å². The summed E-state index contributed by atoms with van der Waals surface area (Å²) in [6.07, 6.45) is -0.378. The average molecular weight is 313 g/mol. The van der Waals surface area contributed by atoms with E-state index in [0.29, 0.717) is 5.75 Å². The van der Waals surface area contributed by atoms with Crippen LogP contribution in [0.1, 0.15) is 26.3 Å². The Morgan fingerprint density at radius 3 is 2.55 bits per heavy atom. The first-order valence-corrected chi connectivity index (χ1v) is 8.41. The van der Waals surface area contributed by atoms with Gasteiger partial charge in [0.05, 0.1) is 0 Å². The minimum Gasteiger partial charge on any atom is -0.444 e. The van der Waals surface area contributed by atoms with Gasteiger partial charge in [-0.1, -0.05) is 30.3 Å². The maximum atomic E-state index is 11.7. The third kappa shape index (κ3) is 7.70. The van der Waals surface area contributed by atoms with Crippen LogP contribution < -0.4 is 5.32 Å². The Hall–Kier alpha value is -0.810. The molecule has 1 atom stereocenters. The summed E-state index contributed by atoms with van der Waals surface area (Å²) in [5.41, 5.74) is 0.815. The van der Waals surface area contributed by atoms with Crippen LogP contribution in [0.4, 0.5) is 4.79 Å². The molecule has 0 saturated heterocycles. The number of amides is 1. The molecule has 0 aliphatic rings. The van der Waals surface area contributed by atoms with Crippen LogP contribution in [0.5, 0.6) is 0 Å². The van der Waals surface area contributed by atoms with E-state index in [1.807, 2.05) is 39.0 Å². The van der Waals surface area contributed by atoms with E-state index < -0.39 is 5.60 Å². The molecule has 1 N–H and O–H groups in total. The lowest BCUT2D eigenvalue weighted by Crippen LogP contribution is -2.41. The molecule has 0 spiro atoms. The lowest BCUT2D eigenvalue weighted by atomic mass is 10.2. The molecule has 5 heteroatoms. The number of thioether (sulfide) groups is 1. The Labute approximate surface area is 131 Å². The normalized spacial score (nSPS) is 12.8. The topological polar surface area (TPSA) is 38.3 Å². The number of benzene rings is 1. The largest absolute Gasteiger partial charge is 0.444 e. The van der Waals surface area contributed by atoms with Crippen molar-refractivity contribution >= 4 is 30.5 Å². The monoisotopic (exact) mass is 313 g/mol. The second-order valence-electron chi connectivity index (χ2n) is 5.53. The number of hydrogen-bond acceptors (Lipinski definition) is 4. The van der Waals surface area contributed by atoms with Gasteiger partial charge in [0.15, 0.2) is 0 Å². The standard InChI is InChI=1S/C15H23NO2S2/c1-15(2,3)18-14(17)16-13(9-19)11-20-10-12-7-5-4-6-8-12/h4-8,13,19H,9-11H2,1-3H3,(H,16,17). The molecule has 1 aromatic rings. The van der Waals surface area contributed by atoms with Crippen LogP contribution in [-0.4, -0.2) is 29.2 Å². The summed E-state index contributed by atoms with van der Waals surface area (Å²) in [5, 5.41) is 2.85. The fraction of sp³-hybridized carbons (Fsp3) is 0.533. The van der Waals surface area contributed by atoms with Gasteiger partial charge in [0.2, 0.25) is 0 Å². The van der Waals surface area contributed by atoms with Gasteiger partial charge in [-0.3, -0.25) is 0 Å². The summed E-state index contributed by atoms with van der Waals surface area (Å²) >= 11 is 6.06. The first-order valence-electron chi connectivity index (χ1n) is 6.63. The number of alkyl carbamates (subject to hydrolysis) is 1. The van der Waals surface area contributed by atoms with E-state index >= 15 is 0 Å². The highest BCUT2D eigenvalue weighted by Gasteiger charge is 2.18. The Morgan fingerprint density at radius 1 is 1.35 bits per heavy atom. The second-order valence-corrected chi connectivity index (χ2v) is 6.92. The number of nitrogens with one attached hydrogen (secondary N) is 1. The maximum absolute atomic E-state index is 11.7. The Morgan fingerprint density at radius 2 is 2.00 bits per heavy atom. The minimum atomic E-state index is -0.470. The number of carbonyl (C=O) groups excluding carboxylic acids is 1. The van der Waals surface area contributed by atoms with Gasteiger partial charge < -0.3 is 10.1 Å². The first kappa shape index (κ1) is 17.2. The van der Waals surface area contributed by atoms with Crippen molar-refractivity contribution in [2.24, 2.45) is 0 Å². The summed E-state index contributed by atoms with van der Waals surface area (Å²) in [5.74, 6) is 2.35. The molecule has 0 aliphatic heterocycles. The van der Waals surface area contributed by atoms with Crippen LogP contribution in [0, 0.1) is 0 Å². The average Bonchev–Trinajstić information content (AvgIpc) is 2.36. The van der Waals surface area contributed by atoms with Gasteiger partial charge >= 0.3 is 6.09 Å². The van der Waals surface area contributed by atoms with Crippen LogP contribution in [0.3, 0.4) is 0 Å². The van der Waals surface area contributed by atoms with Gasteiger partial charge in [-0.15, -0.1) is 0 Å². The van der Waals surface area contributed by atoms with Gasteiger partial charge in [0.1, 0.15) is 5.60 Å². The molecule has 3 nitrogen and oxygen atoms in total. The SMILES string of the molecule is CC(C)(C)OC(=O)NC(CS)CSCc1ccccc1. The van der Waals surface area contributed by atoms with E-state index in [2.05, 4.69) is 30.1 Å². The summed E-state index contributed by atoms with van der Waals surface area (Å²) in [7, 11) is 0. The van der Waals surface area contributed by atoms with Gasteiger partial charge in [-0.25, -0.2) is 4.79 Å². The Kier molecular flexibility index (Phi) is 7.30. The predicted molar refractivity (Wildman–Crippen MR) is 89.6 cm³/mol. The summed E-state index contributed by atoms with van der Waals surface area (Å²) in [6.45, 7) is 5.56. The highest BCUT2D eigenvalue weighted by Crippen LogP contribution is 2.14. The number of rotatable bonds is 6. The van der Waals surface area contributed by atoms with Crippen molar-refractivity contribution in [1.82, 2.24) is 5.32 Å². The number of thiol groups is 1. The molecule has 0 radical (unpaired) electrons. The van der Waals surface area contributed by atoms with Crippen molar-refractivity contribution in [3.63, 3.8) is 0 Å². The predicted octanol–water partition coefficient (Wildman–Crippen LogP) is 3.74. The van der Waals surface area contributed by atoms with E-state index in [4.69, 9.17) is 4.74 Å². The zero-order chi connectivity index (χ0) is 15.0. The molecule has 0 bridgehead atoms. The van der Waals surface area contributed by atoms with E-state index in [-0.39, 0.29) is 12.1 Å². The molecule has 0 aromatic heterocycles. The van der Waals surface area contributed by atoms with Gasteiger partial charge in [0, 0.05) is 23.3 Å². The molecule has 1 rings (SSSR count). The van der Waals surface area contributed by atoms with Crippen LogP contribution in [0.25, 0.3) is 0 Å². The second kappa shape index (κ2) is 8.47. The summed E-state index contributed by atoms with van der Waals surface area (Å²) < 4.78 is 5.24. The van der Waals surface area contributed by atoms with Crippen LogP contribution in [0.15, 0.2) is 30.3 Å². The molecule has 0 saturated carbocycles. The smallest absolute Gasteiger partial charge is 0.407 e. The molecule has 20 heavy (non-hydrogen) atoms. The lowest BCUT2D eigenvalue weighted by molar-refractivity contribution is 0.0514. The molecule has 1 unspecified atom stereocenters. The van der Waals surface area contributed by atoms with E-state index in [0.717, 1.165) is 11.5 Å². The summed E-state index contributed by atoms with van der Waals surface area (Å²) in [6, 6.07) is 10.3. The first-order chi connectivity index (χ1) is 9.40. The molecule has 0 heterocycles. The fourth-order valence-electron chi connectivity index (χ4n) is 1.51. The van der Waals surface area contributed by atoms with E-state index in [1.54, 1.807) is 11.8 Å². The molecular formula is C15H23NO2S2. The van der Waals surface area contributed by atoms with E-state index in [1.165, 1.54) is 5.56 Å². The van der Waals surface area contributed by atoms with Crippen LogP contribution >= 0.6 is 24.4 Å². The lowest BCUT2D eigenvalue weighted by Gasteiger charge is -2.22. The van der Waals surface area contributed by atoms with Gasteiger partial charge in [-0.05, 0) is 26.3 Å². The molecule has 0 fully saturated rings. The van der Waals surface area contributed by atoms with Crippen molar-refractivity contribution in [2.75, 3.05) is 11.5 Å². The number of carbonyl (C=O) groups is 1. The molecule has 1 amide bonds. The van der Waals surface area contributed by atoms with Crippen molar-refractivity contribution in [3.8, 4) is 0 Å². The van der Waals surface area contributed by atoms with Gasteiger partial charge in [-0.2, -0.15) is 24.4 Å². The van der Waals surface area contributed by atoms with Gasteiger partial charge in [0.25, 0.3) is 0 Å². The highest BCUT2D eigenvalue weighted by molar-refractivity contribution is 7.98. The Balaban J connectivity index is 2.31. The molecule has 112 valence electrons. The minimum absolute atomic E-state index is 0.0156. The molecule has 1 aromatic carbocycles. The molecule has 0 aliphatic carbocycles. The van der Waals surface area contributed by atoms with Crippen molar-refractivity contribution in [3.05, 3.63) is 35.9 Å². The fourth-order valence-corrected chi connectivity index (χ4v) is 2.93. The highest BCUT2D eigenvalue weighted by atomic mass is 32.2. The van der Waals surface area contributed by atoms with Crippen molar-refractivity contribution in [1.29, 1.82) is 0 Å². The maximum Gasteiger partial charge on any atom is 0.407 e. The number of hydrogen-bond donors (Lipinski definition) is 2. The van der Waals surface area contributed by atoms with E-state index in [9.17, 15) is 4.79 Å². The zero-order valence-corrected chi connectivity index (χ0v) is 14.0. The van der Waals surface area contributed by atoms with Crippen LogP contribution in [-0.2, 0) is 10.5 Å².